The van der Waals surface area contributed by atoms with Gasteiger partial charge < -0.3 is 10.4 Å². The Bertz CT molecular complexity index is 1240. The van der Waals surface area contributed by atoms with Crippen LogP contribution in [0.1, 0.15) is 39.1 Å². The number of hydrogen-bond donors (Lipinski definition) is 2. The molecule has 11 heteroatoms. The van der Waals surface area contributed by atoms with Crippen molar-refractivity contribution in [2.75, 3.05) is 0 Å². The van der Waals surface area contributed by atoms with Gasteiger partial charge in [-0.3, -0.25) is 9.36 Å². The lowest BCUT2D eigenvalue weighted by molar-refractivity contribution is -0.146. The zero-order valence-corrected chi connectivity index (χ0v) is 20.1. The second-order valence-electron chi connectivity index (χ2n) is 8.73. The molecule has 0 radical (unpaired) electrons. The van der Waals surface area contributed by atoms with Gasteiger partial charge in [0.25, 0.3) is 0 Å². The van der Waals surface area contributed by atoms with Crippen LogP contribution in [-0.4, -0.2) is 42.5 Å². The summed E-state index contributed by atoms with van der Waals surface area (Å²) in [7, 11) is 0. The number of carboxylic acid groups (broad SMARTS) is 1. The molecule has 2 aromatic carbocycles. The quantitative estimate of drug-likeness (QED) is 0.456. The number of halogens is 3. The monoisotopic (exact) mass is 494 g/mol. The van der Waals surface area contributed by atoms with Crippen LogP contribution in [0.25, 0.3) is 16.5 Å². The number of aliphatic carboxylic acids is 1. The van der Waals surface area contributed by atoms with Crippen LogP contribution < -0.4 is 5.32 Å². The van der Waals surface area contributed by atoms with Crippen molar-refractivity contribution in [3.8, 4) is 5.69 Å². The fraction of sp³-hybridized carbons (Fsp3) is 0.391. The van der Waals surface area contributed by atoms with Gasteiger partial charge in [0.05, 0.1) is 10.4 Å². The number of nitrogens with one attached hydrogen (secondary N) is 1. The Hall–Kier alpha value is -3.08. The van der Waals surface area contributed by atoms with Crippen molar-refractivity contribution >= 4 is 34.4 Å². The van der Waals surface area contributed by atoms with E-state index in [1.54, 1.807) is 44.2 Å². The first-order valence-electron chi connectivity index (χ1n) is 10.5. The van der Waals surface area contributed by atoms with Crippen molar-refractivity contribution in [2.24, 2.45) is 5.92 Å². The number of aromatic nitrogens is 3. The number of hydrogen-bond acceptors (Lipinski definition) is 5. The number of alkyl halides is 3. The van der Waals surface area contributed by atoms with E-state index in [1.165, 1.54) is 13.8 Å². The summed E-state index contributed by atoms with van der Waals surface area (Å²) in [5, 5.41) is 20.2. The van der Waals surface area contributed by atoms with Gasteiger partial charge in [-0.15, -0.1) is 10.2 Å². The molecule has 34 heavy (non-hydrogen) atoms. The van der Waals surface area contributed by atoms with Crippen molar-refractivity contribution in [3.63, 3.8) is 0 Å². The van der Waals surface area contributed by atoms with E-state index in [4.69, 9.17) is 0 Å². The smallest absolute Gasteiger partial charge is 0.452 e. The van der Waals surface area contributed by atoms with Gasteiger partial charge in [-0.1, -0.05) is 55.9 Å². The highest BCUT2D eigenvalue weighted by atomic mass is 32.2. The van der Waals surface area contributed by atoms with Gasteiger partial charge in [-0.25, -0.2) is 4.79 Å². The predicted molar refractivity (Wildman–Crippen MR) is 123 cm³/mol. The summed E-state index contributed by atoms with van der Waals surface area (Å²) in [5.74, 6) is -3.44. The van der Waals surface area contributed by atoms with Gasteiger partial charge in [0.1, 0.15) is 6.04 Å². The molecular formula is C23H25F3N4O3S. The van der Waals surface area contributed by atoms with Gasteiger partial charge in [-0.05, 0) is 43.7 Å². The molecule has 3 rings (SSSR count). The Balaban J connectivity index is 2.10. The van der Waals surface area contributed by atoms with Gasteiger partial charge >= 0.3 is 12.1 Å². The molecule has 1 unspecified atom stereocenters. The summed E-state index contributed by atoms with van der Waals surface area (Å²) < 4.78 is 41.2. The Labute approximate surface area is 198 Å². The maximum atomic E-state index is 13.9. The number of benzene rings is 2. The van der Waals surface area contributed by atoms with E-state index in [1.807, 2.05) is 13.0 Å². The summed E-state index contributed by atoms with van der Waals surface area (Å²) in [6.07, 6.45) is -4.80. The average Bonchev–Trinajstić information content (AvgIpc) is 3.15. The van der Waals surface area contributed by atoms with Crippen LogP contribution in [0.5, 0.6) is 0 Å². The number of carbonyl (C=O) groups is 2. The van der Waals surface area contributed by atoms with E-state index in [2.05, 4.69) is 15.5 Å². The Morgan fingerprint density at radius 3 is 2.24 bits per heavy atom. The lowest BCUT2D eigenvalue weighted by Gasteiger charge is -2.26. The SMILES string of the molecule is Cc1ccc(-n2c(SC(C)(C)C(=O)NC(C(=O)O)C(C)C)nnc2C(F)(F)F)c2ccccc12. The topological polar surface area (TPSA) is 97.1 Å². The Morgan fingerprint density at radius 1 is 1.06 bits per heavy atom. The summed E-state index contributed by atoms with van der Waals surface area (Å²) in [6, 6.07) is 9.18. The number of thioether (sulfide) groups is 1. The molecular weight excluding hydrogens is 469 g/mol. The van der Waals surface area contributed by atoms with Crippen molar-refractivity contribution in [1.29, 1.82) is 0 Å². The second-order valence-corrected chi connectivity index (χ2v) is 10.3. The molecule has 0 fully saturated rings. The lowest BCUT2D eigenvalue weighted by atomic mass is 10.0. The number of rotatable bonds is 7. The summed E-state index contributed by atoms with van der Waals surface area (Å²) in [5.41, 5.74) is 1.12. The minimum atomic E-state index is -4.80. The van der Waals surface area contributed by atoms with Crippen LogP contribution in [0.15, 0.2) is 41.6 Å². The first-order chi connectivity index (χ1) is 15.7. The average molecular weight is 495 g/mol. The molecule has 1 aromatic heterocycles. The number of aryl methyl sites for hydroxylation is 1. The van der Waals surface area contributed by atoms with Gasteiger partial charge in [-0.2, -0.15) is 13.2 Å². The number of carbonyl (C=O) groups excluding carboxylic acids is 1. The first-order valence-corrected chi connectivity index (χ1v) is 11.3. The molecule has 1 atom stereocenters. The molecule has 1 amide bonds. The van der Waals surface area contributed by atoms with Crippen LogP contribution in [0, 0.1) is 12.8 Å². The largest absolute Gasteiger partial charge is 0.480 e. The summed E-state index contributed by atoms with van der Waals surface area (Å²) in [6.45, 7) is 8.14. The molecule has 0 spiro atoms. The molecule has 0 bridgehead atoms. The van der Waals surface area contributed by atoms with Crippen molar-refractivity contribution in [1.82, 2.24) is 20.1 Å². The maximum Gasteiger partial charge on any atom is 0.452 e. The van der Waals surface area contributed by atoms with Gasteiger partial charge in [0.15, 0.2) is 5.16 Å². The summed E-state index contributed by atoms with van der Waals surface area (Å²) >= 11 is 0.775. The molecule has 1 heterocycles. The third-order valence-corrected chi connectivity index (χ3v) is 6.50. The number of amides is 1. The molecule has 0 aliphatic carbocycles. The number of carboxylic acids is 1. The van der Waals surface area contributed by atoms with Gasteiger partial charge in [0.2, 0.25) is 11.7 Å². The molecule has 2 N–H and O–H groups in total. The second kappa shape index (κ2) is 9.28. The fourth-order valence-electron chi connectivity index (χ4n) is 3.47. The number of nitrogens with zero attached hydrogens (tertiary/aromatic N) is 3. The van der Waals surface area contributed by atoms with Crippen LogP contribution in [0.2, 0.25) is 0 Å². The van der Waals surface area contributed by atoms with E-state index < -0.39 is 34.7 Å². The molecule has 0 saturated carbocycles. The van der Waals surface area contributed by atoms with Crippen molar-refractivity contribution in [3.05, 3.63) is 47.8 Å². The normalized spacial score (nSPS) is 13.3. The third kappa shape index (κ3) is 5.03. The van der Waals surface area contributed by atoms with Crippen molar-refractivity contribution in [2.45, 2.75) is 56.7 Å². The Kier molecular flexibility index (Phi) is 6.97. The van der Waals surface area contributed by atoms with E-state index in [0.717, 1.165) is 27.3 Å². The van der Waals surface area contributed by atoms with E-state index in [9.17, 15) is 27.9 Å². The highest BCUT2D eigenvalue weighted by Crippen LogP contribution is 2.39. The molecule has 7 nitrogen and oxygen atoms in total. The van der Waals surface area contributed by atoms with Crippen LogP contribution >= 0.6 is 11.8 Å². The minimum Gasteiger partial charge on any atom is -0.480 e. The highest BCUT2D eigenvalue weighted by molar-refractivity contribution is 8.01. The number of fused-ring (bicyclic) bond motifs is 1. The van der Waals surface area contributed by atoms with E-state index >= 15 is 0 Å². The minimum absolute atomic E-state index is 0.141. The van der Waals surface area contributed by atoms with E-state index in [0.29, 0.717) is 5.39 Å². The molecule has 3 aromatic rings. The molecule has 182 valence electrons. The van der Waals surface area contributed by atoms with Crippen molar-refractivity contribution < 1.29 is 27.9 Å². The molecule has 0 saturated heterocycles. The van der Waals surface area contributed by atoms with Crippen LogP contribution in [-0.2, 0) is 15.8 Å². The van der Waals surface area contributed by atoms with E-state index in [-0.39, 0.29) is 16.8 Å². The zero-order valence-electron chi connectivity index (χ0n) is 19.3. The lowest BCUT2D eigenvalue weighted by Crippen LogP contribution is -2.50. The molecule has 0 aliphatic rings. The van der Waals surface area contributed by atoms with Crippen LogP contribution in [0.4, 0.5) is 13.2 Å². The third-order valence-electron chi connectivity index (χ3n) is 5.36. The predicted octanol–water partition coefficient (Wildman–Crippen LogP) is 4.84. The Morgan fingerprint density at radius 2 is 1.68 bits per heavy atom. The van der Waals surface area contributed by atoms with Crippen LogP contribution in [0.3, 0.4) is 0 Å². The highest BCUT2D eigenvalue weighted by Gasteiger charge is 2.41. The zero-order chi connectivity index (χ0) is 25.4. The van der Waals surface area contributed by atoms with Gasteiger partial charge in [0, 0.05) is 5.39 Å². The molecule has 0 aliphatic heterocycles. The standard InChI is InChI=1S/C23H25F3N4O3S/c1-12(2)17(18(31)32)27-20(33)22(4,5)34-21-29-28-19(23(24,25)26)30(21)16-11-10-13(3)14-8-6-7-9-15(14)16/h6-12,17H,1-5H3,(H,27,33)(H,31,32). The fourth-order valence-corrected chi connectivity index (χ4v) is 4.43. The summed E-state index contributed by atoms with van der Waals surface area (Å²) in [4.78, 5) is 24.4. The maximum absolute atomic E-state index is 13.9. The first kappa shape index (κ1) is 25.5.